The molecule has 1 N–H and O–H groups in total. The van der Waals surface area contributed by atoms with E-state index >= 15 is 0 Å². The average molecular weight is 322 g/mol. The highest BCUT2D eigenvalue weighted by Crippen LogP contribution is 2.44. The first-order valence-corrected chi connectivity index (χ1v) is 8.67. The third-order valence-corrected chi connectivity index (χ3v) is 5.10. The molecule has 2 heterocycles. The summed E-state index contributed by atoms with van der Waals surface area (Å²) in [5.74, 6) is 0. The minimum absolute atomic E-state index is 0.154. The summed E-state index contributed by atoms with van der Waals surface area (Å²) >= 11 is 1.82. The van der Waals surface area contributed by atoms with Gasteiger partial charge in [-0.05, 0) is 36.8 Å². The molecule has 1 unspecified atom stereocenters. The van der Waals surface area contributed by atoms with E-state index in [9.17, 15) is 0 Å². The van der Waals surface area contributed by atoms with Crippen LogP contribution in [0.4, 0.5) is 5.69 Å². The number of aromatic amines is 1. The molecule has 0 saturated heterocycles. The number of nitrogens with one attached hydrogen (secondary N) is 1. The number of hydrogen-bond acceptors (Lipinski definition) is 3. The van der Waals surface area contributed by atoms with Gasteiger partial charge >= 0.3 is 0 Å². The zero-order valence-corrected chi connectivity index (χ0v) is 13.7. The summed E-state index contributed by atoms with van der Waals surface area (Å²) in [6.45, 7) is 2.68. The summed E-state index contributed by atoms with van der Waals surface area (Å²) < 4.78 is 0. The molecule has 116 valence electrons. The van der Waals surface area contributed by atoms with E-state index in [1.54, 1.807) is 0 Å². The van der Waals surface area contributed by atoms with E-state index in [2.05, 4.69) is 65.8 Å². The molecule has 2 aromatic carbocycles. The summed E-state index contributed by atoms with van der Waals surface area (Å²) in [7, 11) is 0. The van der Waals surface area contributed by atoms with Gasteiger partial charge in [0.05, 0.1) is 12.3 Å². The van der Waals surface area contributed by atoms with Gasteiger partial charge in [0, 0.05) is 22.0 Å². The molecule has 1 aliphatic heterocycles. The van der Waals surface area contributed by atoms with Crippen LogP contribution in [-0.4, -0.2) is 17.0 Å². The van der Waals surface area contributed by atoms with Crippen LogP contribution < -0.4 is 5.06 Å². The number of nitrogens with zero attached hydrogens (tertiary/aromatic N) is 1. The largest absolute Gasteiger partial charge is 0.361 e. The molecule has 1 atom stereocenters. The van der Waals surface area contributed by atoms with Crippen LogP contribution in [0.5, 0.6) is 0 Å². The Morgan fingerprint density at radius 2 is 2.00 bits per heavy atom. The average Bonchev–Trinajstić information content (AvgIpc) is 3.15. The maximum atomic E-state index is 5.85. The van der Waals surface area contributed by atoms with Gasteiger partial charge in [0.2, 0.25) is 0 Å². The summed E-state index contributed by atoms with van der Waals surface area (Å²) in [5, 5.41) is 3.40. The van der Waals surface area contributed by atoms with E-state index in [1.165, 1.54) is 15.8 Å². The van der Waals surface area contributed by atoms with E-state index in [0.29, 0.717) is 6.61 Å². The molecule has 0 saturated carbocycles. The fourth-order valence-electron chi connectivity index (χ4n) is 2.87. The molecule has 0 spiro atoms. The fraction of sp³-hybridized carbons (Fsp3) is 0.158. The van der Waals surface area contributed by atoms with Crippen LogP contribution >= 0.6 is 11.8 Å². The number of thioether (sulfide) groups is 1. The lowest BCUT2D eigenvalue weighted by Gasteiger charge is -2.22. The molecule has 0 amide bonds. The second-order valence-corrected chi connectivity index (χ2v) is 6.53. The third-order valence-electron chi connectivity index (χ3n) is 3.91. The Bertz CT molecular complexity index is 855. The molecular weight excluding hydrogens is 304 g/mol. The molecule has 23 heavy (non-hydrogen) atoms. The number of aromatic nitrogens is 1. The van der Waals surface area contributed by atoms with Crippen LogP contribution in [0.1, 0.15) is 12.5 Å². The number of fused-ring (bicyclic) bond motifs is 2. The summed E-state index contributed by atoms with van der Waals surface area (Å²) in [4.78, 5) is 10.4. The number of para-hydroxylation sites is 2. The SMILES string of the molecule is CCON1c2ccccc2SC1C=Cc1c[nH]c2ccccc12. The lowest BCUT2D eigenvalue weighted by Crippen LogP contribution is -2.27. The van der Waals surface area contributed by atoms with E-state index in [-0.39, 0.29) is 5.37 Å². The third kappa shape index (κ3) is 2.64. The summed E-state index contributed by atoms with van der Waals surface area (Å²) in [6.07, 6.45) is 6.43. The molecule has 1 aromatic heterocycles. The predicted octanol–water partition coefficient (Wildman–Crippen LogP) is 5.07. The Balaban J connectivity index is 1.63. The summed E-state index contributed by atoms with van der Waals surface area (Å²) in [5.41, 5.74) is 3.51. The standard InChI is InChI=1S/C19H18N2OS/c1-2-22-21-17-9-5-6-10-18(17)23-19(21)12-11-14-13-20-16-8-4-3-7-15(14)16/h3-13,19-20H,2H2,1H3. The van der Waals surface area contributed by atoms with Crippen molar-refractivity contribution < 1.29 is 4.84 Å². The highest BCUT2D eigenvalue weighted by molar-refractivity contribution is 8.00. The second kappa shape index (κ2) is 6.14. The van der Waals surface area contributed by atoms with Crippen molar-refractivity contribution in [3.8, 4) is 0 Å². The fourth-order valence-corrected chi connectivity index (χ4v) is 3.99. The van der Waals surface area contributed by atoms with Gasteiger partial charge in [0.25, 0.3) is 0 Å². The van der Waals surface area contributed by atoms with Gasteiger partial charge in [-0.3, -0.25) is 4.84 Å². The maximum Gasteiger partial charge on any atom is 0.125 e. The highest BCUT2D eigenvalue weighted by Gasteiger charge is 2.28. The molecule has 0 fully saturated rings. The maximum absolute atomic E-state index is 5.85. The van der Waals surface area contributed by atoms with E-state index in [1.807, 2.05) is 29.8 Å². The molecular formula is C19H18N2OS. The molecule has 3 nitrogen and oxygen atoms in total. The molecule has 4 rings (SSSR count). The molecule has 1 aliphatic rings. The van der Waals surface area contributed by atoms with Crippen molar-refractivity contribution in [2.24, 2.45) is 0 Å². The first-order valence-electron chi connectivity index (χ1n) is 7.79. The number of rotatable bonds is 4. The van der Waals surface area contributed by atoms with Gasteiger partial charge in [-0.1, -0.05) is 48.2 Å². The Labute approximate surface area is 139 Å². The minimum atomic E-state index is 0.154. The number of benzene rings is 2. The van der Waals surface area contributed by atoms with Crippen LogP contribution in [-0.2, 0) is 4.84 Å². The van der Waals surface area contributed by atoms with Gasteiger partial charge in [-0.2, -0.15) is 0 Å². The number of anilines is 1. The number of hydroxylamine groups is 1. The lowest BCUT2D eigenvalue weighted by atomic mass is 10.1. The molecule has 0 bridgehead atoms. The van der Waals surface area contributed by atoms with Crippen LogP contribution in [0.15, 0.2) is 65.7 Å². The van der Waals surface area contributed by atoms with Gasteiger partial charge < -0.3 is 4.98 Å². The van der Waals surface area contributed by atoms with E-state index in [0.717, 1.165) is 11.2 Å². The predicted molar refractivity (Wildman–Crippen MR) is 97.5 cm³/mol. The minimum Gasteiger partial charge on any atom is -0.361 e. The Kier molecular flexibility index (Phi) is 3.85. The van der Waals surface area contributed by atoms with Crippen molar-refractivity contribution in [3.63, 3.8) is 0 Å². The molecule has 0 radical (unpaired) electrons. The van der Waals surface area contributed by atoms with Crippen molar-refractivity contribution in [1.29, 1.82) is 0 Å². The number of H-pyrrole nitrogens is 1. The van der Waals surface area contributed by atoms with Gasteiger partial charge in [0.1, 0.15) is 5.37 Å². The first kappa shape index (κ1) is 14.4. The molecule has 3 aromatic rings. The van der Waals surface area contributed by atoms with Crippen molar-refractivity contribution in [2.75, 3.05) is 11.7 Å². The normalized spacial score (nSPS) is 17.3. The number of hydrogen-bond donors (Lipinski definition) is 1. The molecule has 4 heteroatoms. The lowest BCUT2D eigenvalue weighted by molar-refractivity contribution is 0.122. The van der Waals surface area contributed by atoms with Gasteiger partial charge in [0.15, 0.2) is 0 Å². The van der Waals surface area contributed by atoms with Gasteiger partial charge in [-0.15, -0.1) is 0 Å². The highest BCUT2D eigenvalue weighted by atomic mass is 32.2. The van der Waals surface area contributed by atoms with E-state index < -0.39 is 0 Å². The quantitative estimate of drug-likeness (QED) is 0.727. The van der Waals surface area contributed by atoms with Crippen LogP contribution in [0.2, 0.25) is 0 Å². The van der Waals surface area contributed by atoms with Crippen LogP contribution in [0.25, 0.3) is 17.0 Å². The Morgan fingerprint density at radius 3 is 2.91 bits per heavy atom. The zero-order valence-electron chi connectivity index (χ0n) is 12.9. The van der Waals surface area contributed by atoms with Crippen molar-refractivity contribution in [1.82, 2.24) is 4.98 Å². The Hall–Kier alpha value is -2.17. The molecule has 0 aliphatic carbocycles. The van der Waals surface area contributed by atoms with Gasteiger partial charge in [-0.25, -0.2) is 5.06 Å². The van der Waals surface area contributed by atoms with Crippen molar-refractivity contribution >= 4 is 34.4 Å². The van der Waals surface area contributed by atoms with E-state index in [4.69, 9.17) is 4.84 Å². The van der Waals surface area contributed by atoms with Crippen LogP contribution in [0, 0.1) is 0 Å². The zero-order chi connectivity index (χ0) is 15.6. The second-order valence-electron chi connectivity index (χ2n) is 5.37. The Morgan fingerprint density at radius 1 is 1.17 bits per heavy atom. The van der Waals surface area contributed by atoms with Crippen molar-refractivity contribution in [3.05, 3.63) is 66.4 Å². The smallest absolute Gasteiger partial charge is 0.125 e. The van der Waals surface area contributed by atoms with Crippen LogP contribution in [0.3, 0.4) is 0 Å². The van der Waals surface area contributed by atoms with Crippen molar-refractivity contribution in [2.45, 2.75) is 17.2 Å². The summed E-state index contributed by atoms with van der Waals surface area (Å²) in [6, 6.07) is 16.7. The monoisotopic (exact) mass is 322 g/mol. The first-order chi connectivity index (χ1) is 11.4. The topological polar surface area (TPSA) is 28.3 Å².